The Morgan fingerprint density at radius 1 is 1.22 bits per heavy atom. The second-order valence-corrected chi connectivity index (χ2v) is 8.34. The van der Waals surface area contributed by atoms with Gasteiger partial charge in [-0.05, 0) is 38.0 Å². The molecule has 0 aromatic carbocycles. The Hall–Kier alpha value is -3.08. The molecule has 10 nitrogen and oxygen atoms in total. The number of pyridine rings is 2. The van der Waals surface area contributed by atoms with E-state index >= 15 is 0 Å². The maximum Gasteiger partial charge on any atom is 0.245 e. The van der Waals surface area contributed by atoms with Crippen LogP contribution in [0.1, 0.15) is 31.4 Å². The van der Waals surface area contributed by atoms with E-state index in [4.69, 9.17) is 9.47 Å². The summed E-state index contributed by atoms with van der Waals surface area (Å²) >= 11 is 0. The second-order valence-electron chi connectivity index (χ2n) is 8.34. The molecule has 2 fully saturated rings. The SMILES string of the molecule is CCOC1([C@@H](O)c2cnc3c(cnn3-c3ccc4nc(N5CCOCC5)nn4c3)c2)CC1. The van der Waals surface area contributed by atoms with E-state index in [-0.39, 0.29) is 0 Å². The summed E-state index contributed by atoms with van der Waals surface area (Å²) < 4.78 is 14.8. The first kappa shape index (κ1) is 19.6. The van der Waals surface area contributed by atoms with E-state index < -0.39 is 11.7 Å². The molecule has 0 bridgehead atoms. The van der Waals surface area contributed by atoms with Crippen LogP contribution < -0.4 is 4.90 Å². The van der Waals surface area contributed by atoms with Gasteiger partial charge in [-0.3, -0.25) is 0 Å². The topological polar surface area (TPSA) is 103 Å². The first-order valence-electron chi connectivity index (χ1n) is 11.0. The molecule has 0 unspecified atom stereocenters. The predicted octanol–water partition coefficient (Wildman–Crippen LogP) is 1.90. The van der Waals surface area contributed by atoms with Crippen LogP contribution in [0.2, 0.25) is 0 Å². The van der Waals surface area contributed by atoms with Crippen molar-refractivity contribution < 1.29 is 14.6 Å². The monoisotopic (exact) mass is 435 g/mol. The van der Waals surface area contributed by atoms with E-state index in [1.54, 1.807) is 21.6 Å². The highest BCUT2D eigenvalue weighted by Crippen LogP contribution is 2.49. The number of hydrogen-bond donors (Lipinski definition) is 1. The van der Waals surface area contributed by atoms with E-state index in [1.165, 1.54) is 0 Å². The molecule has 1 N–H and O–H groups in total. The lowest BCUT2D eigenvalue weighted by Crippen LogP contribution is -2.36. The van der Waals surface area contributed by atoms with Gasteiger partial charge in [-0.15, -0.1) is 5.10 Å². The smallest absolute Gasteiger partial charge is 0.245 e. The third-order valence-electron chi connectivity index (χ3n) is 6.26. The Labute approximate surface area is 184 Å². The highest BCUT2D eigenvalue weighted by atomic mass is 16.5. The quantitative estimate of drug-likeness (QED) is 0.490. The second kappa shape index (κ2) is 7.51. The highest BCUT2D eigenvalue weighted by molar-refractivity contribution is 5.77. The molecule has 2 aliphatic rings. The van der Waals surface area contributed by atoms with Crippen molar-refractivity contribution >= 4 is 22.6 Å². The van der Waals surface area contributed by atoms with Gasteiger partial charge >= 0.3 is 0 Å². The number of nitrogens with zero attached hydrogens (tertiary/aromatic N) is 7. The molecule has 166 valence electrons. The Morgan fingerprint density at radius 3 is 2.84 bits per heavy atom. The molecular weight excluding hydrogens is 410 g/mol. The lowest BCUT2D eigenvalue weighted by atomic mass is 10.0. The predicted molar refractivity (Wildman–Crippen MR) is 117 cm³/mol. The first-order chi connectivity index (χ1) is 15.7. The zero-order valence-electron chi connectivity index (χ0n) is 17.9. The average molecular weight is 435 g/mol. The number of hydrogen-bond acceptors (Lipinski definition) is 8. The minimum atomic E-state index is -0.687. The van der Waals surface area contributed by atoms with Crippen LogP contribution in [0.3, 0.4) is 0 Å². The van der Waals surface area contributed by atoms with Crippen LogP contribution in [0.15, 0.2) is 36.8 Å². The summed E-state index contributed by atoms with van der Waals surface area (Å²) in [5.74, 6) is 0.704. The van der Waals surface area contributed by atoms with Crippen molar-refractivity contribution in [3.05, 3.63) is 42.4 Å². The summed E-state index contributed by atoms with van der Waals surface area (Å²) in [5, 5.41) is 20.9. The largest absolute Gasteiger partial charge is 0.385 e. The van der Waals surface area contributed by atoms with Crippen LogP contribution in [-0.4, -0.2) is 73.0 Å². The maximum absolute atomic E-state index is 10.8. The number of fused-ring (bicyclic) bond motifs is 2. The van der Waals surface area contributed by atoms with Gasteiger partial charge in [0.05, 0.1) is 36.9 Å². The zero-order chi connectivity index (χ0) is 21.7. The van der Waals surface area contributed by atoms with Crippen molar-refractivity contribution in [2.24, 2.45) is 0 Å². The van der Waals surface area contributed by atoms with Crippen LogP contribution in [0.5, 0.6) is 0 Å². The van der Waals surface area contributed by atoms with Gasteiger partial charge in [-0.25, -0.2) is 14.2 Å². The lowest BCUT2D eigenvalue weighted by Gasteiger charge is -2.25. The van der Waals surface area contributed by atoms with Gasteiger partial charge in [0.15, 0.2) is 11.3 Å². The molecule has 1 atom stereocenters. The Morgan fingerprint density at radius 2 is 2.06 bits per heavy atom. The van der Waals surface area contributed by atoms with Gasteiger partial charge in [0, 0.05) is 36.8 Å². The number of aliphatic hydroxyl groups is 1. The Balaban J connectivity index is 1.31. The molecule has 4 aromatic heterocycles. The van der Waals surface area contributed by atoms with Gasteiger partial charge in [0.1, 0.15) is 6.10 Å². The van der Waals surface area contributed by atoms with Gasteiger partial charge in [-0.1, -0.05) is 0 Å². The molecule has 6 rings (SSSR count). The molecule has 10 heteroatoms. The van der Waals surface area contributed by atoms with E-state index in [0.29, 0.717) is 25.8 Å². The average Bonchev–Trinajstić information content (AvgIpc) is 3.30. The fourth-order valence-corrected chi connectivity index (χ4v) is 4.37. The number of anilines is 1. The van der Waals surface area contributed by atoms with E-state index in [2.05, 4.69) is 25.1 Å². The van der Waals surface area contributed by atoms with E-state index in [1.807, 2.05) is 31.3 Å². The molecule has 0 radical (unpaired) electrons. The number of rotatable bonds is 6. The van der Waals surface area contributed by atoms with Crippen LogP contribution in [0.4, 0.5) is 5.95 Å². The molecule has 1 aliphatic heterocycles. The number of morpholine rings is 1. The van der Waals surface area contributed by atoms with Crippen molar-refractivity contribution in [1.82, 2.24) is 29.4 Å². The molecule has 4 aromatic rings. The van der Waals surface area contributed by atoms with Crippen molar-refractivity contribution in [2.75, 3.05) is 37.8 Å². The fourth-order valence-electron chi connectivity index (χ4n) is 4.37. The van der Waals surface area contributed by atoms with Crippen molar-refractivity contribution in [3.63, 3.8) is 0 Å². The third-order valence-corrected chi connectivity index (χ3v) is 6.26. The minimum Gasteiger partial charge on any atom is -0.385 e. The summed E-state index contributed by atoms with van der Waals surface area (Å²) in [6, 6.07) is 5.83. The first-order valence-corrected chi connectivity index (χ1v) is 11.0. The molecule has 1 saturated heterocycles. The van der Waals surface area contributed by atoms with Gasteiger partial charge in [0.2, 0.25) is 5.95 Å². The molecule has 0 amide bonds. The lowest BCUT2D eigenvalue weighted by molar-refractivity contribution is -0.0542. The van der Waals surface area contributed by atoms with Gasteiger partial charge in [0.25, 0.3) is 0 Å². The molecule has 1 saturated carbocycles. The fraction of sp³-hybridized carbons (Fsp3) is 0.455. The zero-order valence-corrected chi connectivity index (χ0v) is 17.9. The Bertz CT molecular complexity index is 1270. The summed E-state index contributed by atoms with van der Waals surface area (Å²) in [7, 11) is 0. The molecule has 1 aliphatic carbocycles. The Kier molecular flexibility index (Phi) is 4.60. The normalized spacial score (nSPS) is 19.0. The number of aromatic nitrogens is 6. The van der Waals surface area contributed by atoms with Gasteiger partial charge in [-0.2, -0.15) is 10.1 Å². The summed E-state index contributed by atoms with van der Waals surface area (Å²) in [6.07, 6.45) is 6.43. The van der Waals surface area contributed by atoms with Crippen LogP contribution in [0, 0.1) is 0 Å². The van der Waals surface area contributed by atoms with Gasteiger partial charge < -0.3 is 19.5 Å². The summed E-state index contributed by atoms with van der Waals surface area (Å²) in [5.41, 5.74) is 2.62. The van der Waals surface area contributed by atoms with Crippen LogP contribution >= 0.6 is 0 Å². The minimum absolute atomic E-state index is 0.462. The van der Waals surface area contributed by atoms with Crippen LogP contribution in [0.25, 0.3) is 22.4 Å². The van der Waals surface area contributed by atoms with Crippen molar-refractivity contribution in [3.8, 4) is 5.69 Å². The molecule has 0 spiro atoms. The van der Waals surface area contributed by atoms with Crippen molar-refractivity contribution in [2.45, 2.75) is 31.5 Å². The maximum atomic E-state index is 10.8. The molecule has 32 heavy (non-hydrogen) atoms. The third kappa shape index (κ3) is 3.22. The standard InChI is InChI=1S/C22H25N7O3/c1-2-32-22(5-6-22)19(30)15-11-16-13-24-29(20(16)23-12-15)17-3-4-18-25-21(26-28(18)14-17)27-7-9-31-10-8-27/h3-4,11-14,19,30H,2,5-10H2,1H3/t19-/m0/s1. The highest BCUT2D eigenvalue weighted by Gasteiger charge is 2.50. The summed E-state index contributed by atoms with van der Waals surface area (Å²) in [6.45, 7) is 5.49. The van der Waals surface area contributed by atoms with Crippen LogP contribution in [-0.2, 0) is 9.47 Å². The summed E-state index contributed by atoms with van der Waals surface area (Å²) in [4.78, 5) is 11.4. The molecular formula is C22H25N7O3. The van der Waals surface area contributed by atoms with E-state index in [9.17, 15) is 5.11 Å². The van der Waals surface area contributed by atoms with E-state index in [0.717, 1.165) is 53.9 Å². The number of ether oxygens (including phenoxy) is 2. The van der Waals surface area contributed by atoms with Crippen molar-refractivity contribution in [1.29, 1.82) is 0 Å². The molecule has 5 heterocycles. The number of aliphatic hydroxyl groups excluding tert-OH is 1.